The lowest BCUT2D eigenvalue weighted by molar-refractivity contribution is -0.142. The highest BCUT2D eigenvalue weighted by molar-refractivity contribution is 5.83. The van der Waals surface area contributed by atoms with Crippen LogP contribution in [-0.2, 0) is 9.59 Å². The molecule has 2 bridgehead atoms. The second-order valence-electron chi connectivity index (χ2n) is 5.55. The summed E-state index contributed by atoms with van der Waals surface area (Å²) in [5, 5.41) is 15.0. The summed E-state index contributed by atoms with van der Waals surface area (Å²) in [6, 6.07) is 0.405. The SMILES string of the molecule is CCC(NC(=O)CC1CC2CCC(C1)N2)C(=O)O. The van der Waals surface area contributed by atoms with Crippen LogP contribution in [0.2, 0.25) is 0 Å². The van der Waals surface area contributed by atoms with E-state index in [-0.39, 0.29) is 5.91 Å². The van der Waals surface area contributed by atoms with Crippen LogP contribution in [0, 0.1) is 5.92 Å². The predicted molar refractivity (Wildman–Crippen MR) is 67.1 cm³/mol. The fourth-order valence-electron chi connectivity index (χ4n) is 3.20. The van der Waals surface area contributed by atoms with Crippen LogP contribution in [-0.4, -0.2) is 35.1 Å². The predicted octanol–water partition coefficient (Wildman–Crippen LogP) is 0.886. The van der Waals surface area contributed by atoms with Crippen LogP contribution in [0.4, 0.5) is 0 Å². The minimum absolute atomic E-state index is 0.115. The lowest BCUT2D eigenvalue weighted by atomic mass is 9.89. The first kappa shape index (κ1) is 13.3. The summed E-state index contributed by atoms with van der Waals surface area (Å²) in [4.78, 5) is 22.7. The zero-order chi connectivity index (χ0) is 13.1. The molecule has 5 heteroatoms. The van der Waals surface area contributed by atoms with Gasteiger partial charge in [-0.05, 0) is 38.0 Å². The number of nitrogens with one attached hydrogen (secondary N) is 2. The Morgan fingerprint density at radius 1 is 1.33 bits per heavy atom. The lowest BCUT2D eigenvalue weighted by Crippen LogP contribution is -2.43. The average molecular weight is 254 g/mol. The van der Waals surface area contributed by atoms with Crippen molar-refractivity contribution in [1.29, 1.82) is 0 Å². The highest BCUT2D eigenvalue weighted by Gasteiger charge is 2.34. The van der Waals surface area contributed by atoms with Gasteiger partial charge in [-0.25, -0.2) is 4.79 Å². The van der Waals surface area contributed by atoms with Gasteiger partial charge in [0.05, 0.1) is 0 Å². The van der Waals surface area contributed by atoms with Crippen molar-refractivity contribution in [3.05, 3.63) is 0 Å². The third kappa shape index (κ3) is 3.22. The highest BCUT2D eigenvalue weighted by Crippen LogP contribution is 2.32. The van der Waals surface area contributed by atoms with Gasteiger partial charge in [-0.1, -0.05) is 6.92 Å². The summed E-state index contributed by atoms with van der Waals surface area (Å²) in [6.07, 6.45) is 5.43. The van der Waals surface area contributed by atoms with E-state index in [2.05, 4.69) is 10.6 Å². The zero-order valence-corrected chi connectivity index (χ0v) is 10.8. The van der Waals surface area contributed by atoms with Gasteiger partial charge >= 0.3 is 5.97 Å². The zero-order valence-electron chi connectivity index (χ0n) is 10.8. The minimum atomic E-state index is -0.948. The van der Waals surface area contributed by atoms with Crippen molar-refractivity contribution in [2.45, 2.75) is 63.6 Å². The van der Waals surface area contributed by atoms with Gasteiger partial charge < -0.3 is 15.7 Å². The molecule has 3 N–H and O–H groups in total. The monoisotopic (exact) mass is 254 g/mol. The molecule has 3 atom stereocenters. The van der Waals surface area contributed by atoms with E-state index in [1.165, 1.54) is 12.8 Å². The van der Waals surface area contributed by atoms with Crippen LogP contribution in [0.5, 0.6) is 0 Å². The molecular weight excluding hydrogens is 232 g/mol. The van der Waals surface area contributed by atoms with Crippen molar-refractivity contribution in [1.82, 2.24) is 10.6 Å². The number of fused-ring (bicyclic) bond motifs is 2. The number of hydrogen-bond acceptors (Lipinski definition) is 3. The first-order valence-electron chi connectivity index (χ1n) is 6.86. The van der Waals surface area contributed by atoms with Gasteiger partial charge in [-0.3, -0.25) is 4.79 Å². The molecule has 102 valence electrons. The van der Waals surface area contributed by atoms with E-state index in [1.54, 1.807) is 6.92 Å². The van der Waals surface area contributed by atoms with Gasteiger partial charge in [0.2, 0.25) is 5.91 Å². The quantitative estimate of drug-likeness (QED) is 0.680. The first-order chi connectivity index (χ1) is 8.58. The molecule has 18 heavy (non-hydrogen) atoms. The molecule has 0 saturated carbocycles. The van der Waals surface area contributed by atoms with Crippen molar-refractivity contribution in [3.8, 4) is 0 Å². The molecule has 2 saturated heterocycles. The Labute approximate surface area is 107 Å². The van der Waals surface area contributed by atoms with Crippen molar-refractivity contribution in [2.75, 3.05) is 0 Å². The number of carboxylic acid groups (broad SMARTS) is 1. The summed E-state index contributed by atoms with van der Waals surface area (Å²) >= 11 is 0. The van der Waals surface area contributed by atoms with E-state index >= 15 is 0 Å². The fraction of sp³-hybridized carbons (Fsp3) is 0.846. The maximum absolute atomic E-state index is 11.8. The second-order valence-corrected chi connectivity index (χ2v) is 5.55. The molecule has 2 heterocycles. The molecule has 0 aliphatic carbocycles. The standard InChI is InChI=1S/C13H22N2O3/c1-2-11(13(17)18)15-12(16)7-8-5-9-3-4-10(6-8)14-9/h8-11,14H,2-7H2,1H3,(H,15,16)(H,17,18). The topological polar surface area (TPSA) is 78.4 Å². The molecule has 0 spiro atoms. The Morgan fingerprint density at radius 2 is 1.94 bits per heavy atom. The molecule has 0 aromatic heterocycles. The number of carbonyl (C=O) groups excluding carboxylic acids is 1. The minimum Gasteiger partial charge on any atom is -0.480 e. The second kappa shape index (κ2) is 5.69. The molecule has 2 rings (SSSR count). The summed E-state index contributed by atoms with van der Waals surface area (Å²) in [5.41, 5.74) is 0. The lowest BCUT2D eigenvalue weighted by Gasteiger charge is -2.28. The highest BCUT2D eigenvalue weighted by atomic mass is 16.4. The van der Waals surface area contributed by atoms with Gasteiger partial charge in [0.1, 0.15) is 6.04 Å². The largest absolute Gasteiger partial charge is 0.480 e. The summed E-state index contributed by atoms with van der Waals surface area (Å²) in [6.45, 7) is 1.77. The van der Waals surface area contributed by atoms with Crippen molar-refractivity contribution in [2.24, 2.45) is 5.92 Å². The van der Waals surface area contributed by atoms with Crippen LogP contribution < -0.4 is 10.6 Å². The van der Waals surface area contributed by atoms with E-state index < -0.39 is 12.0 Å². The van der Waals surface area contributed by atoms with E-state index in [9.17, 15) is 9.59 Å². The Balaban J connectivity index is 1.79. The molecule has 0 aromatic carbocycles. The van der Waals surface area contributed by atoms with E-state index in [0.717, 1.165) is 12.8 Å². The van der Waals surface area contributed by atoms with Crippen LogP contribution in [0.25, 0.3) is 0 Å². The third-order valence-electron chi connectivity index (χ3n) is 4.09. The van der Waals surface area contributed by atoms with Crippen molar-refractivity contribution in [3.63, 3.8) is 0 Å². The van der Waals surface area contributed by atoms with Crippen molar-refractivity contribution >= 4 is 11.9 Å². The number of carboxylic acids is 1. The molecule has 1 amide bonds. The van der Waals surface area contributed by atoms with Gasteiger partial charge in [0, 0.05) is 18.5 Å². The van der Waals surface area contributed by atoms with Crippen molar-refractivity contribution < 1.29 is 14.7 Å². The molecule has 2 aliphatic rings. The average Bonchev–Trinajstić information content (AvgIpc) is 2.65. The van der Waals surface area contributed by atoms with Crippen LogP contribution in [0.3, 0.4) is 0 Å². The number of piperidine rings is 1. The molecule has 5 nitrogen and oxygen atoms in total. The maximum atomic E-state index is 11.8. The Morgan fingerprint density at radius 3 is 2.44 bits per heavy atom. The van der Waals surface area contributed by atoms with E-state index in [0.29, 0.717) is 30.8 Å². The normalized spacial score (nSPS) is 31.9. The third-order valence-corrected chi connectivity index (χ3v) is 4.09. The fourth-order valence-corrected chi connectivity index (χ4v) is 3.20. The summed E-state index contributed by atoms with van der Waals surface area (Å²) in [7, 11) is 0. The molecule has 3 unspecified atom stereocenters. The van der Waals surface area contributed by atoms with Crippen LogP contribution in [0.15, 0.2) is 0 Å². The first-order valence-corrected chi connectivity index (χ1v) is 6.86. The summed E-state index contributed by atoms with van der Waals surface area (Å²) in [5.74, 6) is -0.651. The number of rotatable bonds is 5. The summed E-state index contributed by atoms with van der Waals surface area (Å²) < 4.78 is 0. The molecule has 0 aromatic rings. The molecule has 2 fully saturated rings. The van der Waals surface area contributed by atoms with Crippen LogP contribution >= 0.6 is 0 Å². The van der Waals surface area contributed by atoms with Crippen LogP contribution in [0.1, 0.15) is 45.4 Å². The number of hydrogen-bond donors (Lipinski definition) is 3. The molecule has 2 aliphatic heterocycles. The van der Waals surface area contributed by atoms with E-state index in [1.807, 2.05) is 0 Å². The number of amides is 1. The Hall–Kier alpha value is -1.10. The Kier molecular flexibility index (Phi) is 4.22. The van der Waals surface area contributed by atoms with Gasteiger partial charge in [0.15, 0.2) is 0 Å². The van der Waals surface area contributed by atoms with Gasteiger partial charge in [-0.2, -0.15) is 0 Å². The maximum Gasteiger partial charge on any atom is 0.326 e. The van der Waals surface area contributed by atoms with Gasteiger partial charge in [0.25, 0.3) is 0 Å². The van der Waals surface area contributed by atoms with Gasteiger partial charge in [-0.15, -0.1) is 0 Å². The van der Waals surface area contributed by atoms with E-state index in [4.69, 9.17) is 5.11 Å². The molecular formula is C13H22N2O3. The Bertz CT molecular complexity index is 320. The number of carbonyl (C=O) groups is 2. The number of aliphatic carboxylic acids is 1. The smallest absolute Gasteiger partial charge is 0.326 e. The molecule has 0 radical (unpaired) electrons.